The second-order valence-corrected chi connectivity index (χ2v) is 5.93. The van der Waals surface area contributed by atoms with Crippen molar-refractivity contribution in [2.45, 2.75) is 12.8 Å². The van der Waals surface area contributed by atoms with Crippen molar-refractivity contribution in [1.82, 2.24) is 5.43 Å². The Balaban J connectivity index is 1.62. The number of nitro groups is 1. The van der Waals surface area contributed by atoms with Crippen LogP contribution in [0.2, 0.25) is 0 Å². The van der Waals surface area contributed by atoms with Gasteiger partial charge in [0.1, 0.15) is 0 Å². The standard InChI is InChI=1S/C18H18N4O4/c23-17-8-7-15(22(25)26)10-14(17)11-19-20-18(24)12-21-9-3-5-13-4-1-2-6-16(13)21/h1-2,4,6-8,10-11,23H,3,5,9,12H2,(H,20,24)/p-1/b19-11-. The second-order valence-electron chi connectivity index (χ2n) is 5.93. The Morgan fingerprint density at radius 3 is 2.92 bits per heavy atom. The molecule has 26 heavy (non-hydrogen) atoms. The molecule has 0 aliphatic carbocycles. The average molecular weight is 353 g/mol. The highest BCUT2D eigenvalue weighted by Gasteiger charge is 2.18. The third-order valence-corrected chi connectivity index (χ3v) is 4.14. The number of carbonyl (C=O) groups excluding carboxylic acids is 1. The molecule has 0 saturated heterocycles. The van der Waals surface area contributed by atoms with Gasteiger partial charge in [0.2, 0.25) is 0 Å². The quantitative estimate of drug-likeness (QED) is 0.498. The summed E-state index contributed by atoms with van der Waals surface area (Å²) < 4.78 is 0. The molecular formula is C18H17N4O4-. The fourth-order valence-electron chi connectivity index (χ4n) is 2.91. The van der Waals surface area contributed by atoms with Crippen molar-refractivity contribution in [1.29, 1.82) is 0 Å². The number of nitro benzene ring substituents is 1. The van der Waals surface area contributed by atoms with E-state index in [-0.39, 0.29) is 23.7 Å². The number of nitrogens with one attached hydrogen (secondary N) is 1. The molecule has 0 bridgehead atoms. The summed E-state index contributed by atoms with van der Waals surface area (Å²) in [5.74, 6) is -0.727. The molecule has 0 saturated carbocycles. The fourth-order valence-corrected chi connectivity index (χ4v) is 2.91. The largest absolute Gasteiger partial charge is 0.872 e. The minimum atomic E-state index is -0.594. The number of nitrogens with zero attached hydrogens (tertiary/aromatic N) is 3. The number of hydrazone groups is 1. The van der Waals surface area contributed by atoms with Crippen LogP contribution in [0.5, 0.6) is 5.75 Å². The third-order valence-electron chi connectivity index (χ3n) is 4.14. The van der Waals surface area contributed by atoms with E-state index in [0.717, 1.165) is 49.5 Å². The number of non-ortho nitro benzene ring substituents is 1. The predicted octanol–water partition coefficient (Wildman–Crippen LogP) is 1.57. The zero-order chi connectivity index (χ0) is 18.5. The van der Waals surface area contributed by atoms with E-state index in [1.165, 1.54) is 5.56 Å². The fraction of sp³-hybridized carbons (Fsp3) is 0.222. The van der Waals surface area contributed by atoms with Crippen LogP contribution in [0.4, 0.5) is 11.4 Å². The van der Waals surface area contributed by atoms with E-state index < -0.39 is 10.7 Å². The van der Waals surface area contributed by atoms with Gasteiger partial charge in [0.15, 0.2) is 0 Å². The van der Waals surface area contributed by atoms with Crippen molar-refractivity contribution in [3.63, 3.8) is 0 Å². The van der Waals surface area contributed by atoms with Crippen molar-refractivity contribution in [2.75, 3.05) is 18.0 Å². The Bertz CT molecular complexity index is 866. The zero-order valence-corrected chi connectivity index (χ0v) is 13.9. The van der Waals surface area contributed by atoms with Gasteiger partial charge >= 0.3 is 0 Å². The molecule has 1 aliphatic heterocycles. The summed E-state index contributed by atoms with van der Waals surface area (Å²) in [6, 6.07) is 11.3. The van der Waals surface area contributed by atoms with Crippen molar-refractivity contribution < 1.29 is 14.8 Å². The monoisotopic (exact) mass is 353 g/mol. The van der Waals surface area contributed by atoms with Crippen LogP contribution in [0.25, 0.3) is 0 Å². The molecule has 0 radical (unpaired) electrons. The number of fused-ring (bicyclic) bond motifs is 1. The molecule has 2 aromatic rings. The summed E-state index contributed by atoms with van der Waals surface area (Å²) in [5, 5.41) is 26.2. The minimum Gasteiger partial charge on any atom is -0.872 e. The van der Waals surface area contributed by atoms with Crippen LogP contribution in [0.3, 0.4) is 0 Å². The first-order valence-electron chi connectivity index (χ1n) is 8.15. The number of hydrogen-bond acceptors (Lipinski definition) is 6. The van der Waals surface area contributed by atoms with Gasteiger partial charge in [-0.3, -0.25) is 14.9 Å². The Morgan fingerprint density at radius 2 is 2.12 bits per heavy atom. The highest BCUT2D eigenvalue weighted by atomic mass is 16.6. The molecule has 1 amide bonds. The molecule has 0 spiro atoms. The Kier molecular flexibility index (Phi) is 5.12. The highest BCUT2D eigenvalue weighted by Crippen LogP contribution is 2.26. The van der Waals surface area contributed by atoms with Crippen LogP contribution in [-0.2, 0) is 11.2 Å². The van der Waals surface area contributed by atoms with Crippen molar-refractivity contribution in [3.05, 3.63) is 63.7 Å². The van der Waals surface area contributed by atoms with Crippen LogP contribution < -0.4 is 15.4 Å². The maximum absolute atomic E-state index is 12.1. The summed E-state index contributed by atoms with van der Waals surface area (Å²) in [6.07, 6.45) is 3.09. The van der Waals surface area contributed by atoms with E-state index in [9.17, 15) is 20.0 Å². The Morgan fingerprint density at radius 1 is 1.31 bits per heavy atom. The smallest absolute Gasteiger partial charge is 0.270 e. The normalized spacial score (nSPS) is 13.5. The third kappa shape index (κ3) is 3.97. The summed E-state index contributed by atoms with van der Waals surface area (Å²) >= 11 is 0. The van der Waals surface area contributed by atoms with Gasteiger partial charge in [0.05, 0.1) is 17.7 Å². The lowest BCUT2D eigenvalue weighted by molar-refractivity contribution is -0.385. The van der Waals surface area contributed by atoms with Gasteiger partial charge in [-0.25, -0.2) is 5.43 Å². The number of amides is 1. The number of aryl methyl sites for hydroxylation is 1. The minimum absolute atomic E-state index is 0.0443. The van der Waals surface area contributed by atoms with Crippen molar-refractivity contribution >= 4 is 23.5 Å². The van der Waals surface area contributed by atoms with Crippen LogP contribution >= 0.6 is 0 Å². The lowest BCUT2D eigenvalue weighted by Crippen LogP contribution is -2.38. The first-order valence-corrected chi connectivity index (χ1v) is 8.15. The van der Waals surface area contributed by atoms with E-state index in [2.05, 4.69) is 16.6 Å². The molecule has 0 fully saturated rings. The van der Waals surface area contributed by atoms with Crippen LogP contribution in [0.15, 0.2) is 47.6 Å². The maximum Gasteiger partial charge on any atom is 0.270 e. The van der Waals surface area contributed by atoms with Gasteiger partial charge in [0.25, 0.3) is 11.6 Å². The van der Waals surface area contributed by atoms with Crippen LogP contribution in [-0.4, -0.2) is 30.1 Å². The van der Waals surface area contributed by atoms with Gasteiger partial charge in [0, 0.05) is 24.4 Å². The predicted molar refractivity (Wildman–Crippen MR) is 95.3 cm³/mol. The van der Waals surface area contributed by atoms with Gasteiger partial charge in [-0.15, -0.1) is 0 Å². The Labute approximate surface area is 149 Å². The molecule has 134 valence electrons. The number of para-hydroxylation sites is 1. The van der Waals surface area contributed by atoms with Gasteiger partial charge in [-0.1, -0.05) is 30.0 Å². The molecule has 0 aromatic heterocycles. The molecular weight excluding hydrogens is 336 g/mol. The molecule has 2 aromatic carbocycles. The molecule has 3 rings (SSSR count). The molecule has 8 nitrogen and oxygen atoms in total. The van der Waals surface area contributed by atoms with Crippen LogP contribution in [0.1, 0.15) is 17.5 Å². The number of carbonyl (C=O) groups is 1. The summed E-state index contributed by atoms with van der Waals surface area (Å²) in [7, 11) is 0. The molecule has 0 atom stereocenters. The van der Waals surface area contributed by atoms with E-state index >= 15 is 0 Å². The highest BCUT2D eigenvalue weighted by molar-refractivity contribution is 5.87. The van der Waals surface area contributed by atoms with Gasteiger partial charge < -0.3 is 10.0 Å². The molecule has 1 heterocycles. The van der Waals surface area contributed by atoms with Gasteiger partial charge in [-0.2, -0.15) is 5.10 Å². The molecule has 1 N–H and O–H groups in total. The number of rotatable bonds is 5. The van der Waals surface area contributed by atoms with Crippen molar-refractivity contribution in [3.8, 4) is 5.75 Å². The topological polar surface area (TPSA) is 111 Å². The summed E-state index contributed by atoms with van der Waals surface area (Å²) in [5.41, 5.74) is 4.45. The lowest BCUT2D eigenvalue weighted by atomic mass is 10.0. The van der Waals surface area contributed by atoms with Crippen molar-refractivity contribution in [2.24, 2.45) is 5.10 Å². The molecule has 1 aliphatic rings. The second kappa shape index (κ2) is 7.64. The summed E-state index contributed by atoms with van der Waals surface area (Å²) in [4.78, 5) is 24.3. The number of benzene rings is 2. The van der Waals surface area contributed by atoms with E-state index in [1.807, 2.05) is 23.1 Å². The SMILES string of the molecule is O=C(CN1CCCc2ccccc21)N/N=C\c1cc([N+](=O)[O-])ccc1[O-]. The first kappa shape index (κ1) is 17.4. The lowest BCUT2D eigenvalue weighted by Gasteiger charge is -2.30. The summed E-state index contributed by atoms with van der Waals surface area (Å²) in [6.45, 7) is 0.928. The molecule has 8 heteroatoms. The van der Waals surface area contributed by atoms with E-state index in [1.54, 1.807) is 0 Å². The first-order chi connectivity index (χ1) is 12.5. The maximum atomic E-state index is 12.1. The van der Waals surface area contributed by atoms with E-state index in [0.29, 0.717) is 0 Å². The number of anilines is 1. The van der Waals surface area contributed by atoms with Gasteiger partial charge in [-0.05, 0) is 30.0 Å². The zero-order valence-electron chi connectivity index (χ0n) is 13.9. The molecule has 0 unspecified atom stereocenters. The average Bonchev–Trinajstić information content (AvgIpc) is 2.63. The van der Waals surface area contributed by atoms with E-state index in [4.69, 9.17) is 0 Å². The number of hydrogen-bond donors (Lipinski definition) is 1. The Hall–Kier alpha value is -3.42. The van der Waals surface area contributed by atoms with Crippen LogP contribution in [0, 0.1) is 10.1 Å².